The summed E-state index contributed by atoms with van der Waals surface area (Å²) in [5.74, 6) is 0.0697. The molecule has 0 bridgehead atoms. The maximum absolute atomic E-state index is 13.6. The highest BCUT2D eigenvalue weighted by Gasteiger charge is 2.15. The van der Waals surface area contributed by atoms with Crippen LogP contribution < -0.4 is 10.9 Å². The molecule has 1 aromatic carbocycles. The minimum absolute atomic E-state index is 0.00230. The number of halogens is 2. The number of hydrogen-bond donors (Lipinski definition) is 2. The van der Waals surface area contributed by atoms with Gasteiger partial charge in [0.15, 0.2) is 11.0 Å². The minimum Gasteiger partial charge on any atom is -0.355 e. The monoisotopic (exact) mass is 405 g/mol. The first-order chi connectivity index (χ1) is 12.9. The molecule has 0 aliphatic carbocycles. The molecule has 0 fully saturated rings. The third kappa shape index (κ3) is 3.28. The van der Waals surface area contributed by atoms with Gasteiger partial charge in [-0.3, -0.25) is 4.79 Å². The molecule has 1 atom stereocenters. The molecule has 3 aromatic heterocycles. The lowest BCUT2D eigenvalue weighted by molar-refractivity contribution is 0.629. The summed E-state index contributed by atoms with van der Waals surface area (Å²) in [7, 11) is 0. The van der Waals surface area contributed by atoms with E-state index in [1.165, 1.54) is 23.5 Å². The van der Waals surface area contributed by atoms with Gasteiger partial charge in [0.25, 0.3) is 5.56 Å². The maximum Gasteiger partial charge on any atom is 0.253 e. The van der Waals surface area contributed by atoms with Crippen LogP contribution in [-0.4, -0.2) is 30.2 Å². The second kappa shape index (κ2) is 6.71. The quantitative estimate of drug-likeness (QED) is 0.540. The number of hydrogen-bond acceptors (Lipinski definition) is 7. The predicted molar refractivity (Wildman–Crippen MR) is 101 cm³/mol. The van der Waals surface area contributed by atoms with Crippen molar-refractivity contribution in [2.24, 2.45) is 0 Å². The first-order valence-corrected chi connectivity index (χ1v) is 9.11. The number of fused-ring (bicyclic) bond motifs is 1. The van der Waals surface area contributed by atoms with Crippen LogP contribution in [0.15, 0.2) is 29.2 Å². The number of nitrogens with one attached hydrogen (secondary N) is 2. The molecule has 0 saturated heterocycles. The molecule has 0 spiro atoms. The highest BCUT2D eigenvalue weighted by atomic mass is 35.5. The average Bonchev–Trinajstić information content (AvgIpc) is 3.24. The normalized spacial score (nSPS) is 12.4. The van der Waals surface area contributed by atoms with Gasteiger partial charge >= 0.3 is 0 Å². The van der Waals surface area contributed by atoms with E-state index in [0.717, 1.165) is 5.00 Å². The summed E-state index contributed by atoms with van der Waals surface area (Å²) in [6.07, 6.45) is 1.65. The molecule has 3 heterocycles. The molecule has 138 valence electrons. The van der Waals surface area contributed by atoms with Crippen LogP contribution in [0.1, 0.15) is 24.4 Å². The molecule has 0 aliphatic rings. The molecule has 27 heavy (non-hydrogen) atoms. The highest BCUT2D eigenvalue weighted by molar-refractivity contribution is 7.17. The van der Waals surface area contributed by atoms with Crippen LogP contribution in [0.5, 0.6) is 0 Å². The van der Waals surface area contributed by atoms with Gasteiger partial charge in [0, 0.05) is 10.9 Å². The van der Waals surface area contributed by atoms with Crippen molar-refractivity contribution in [1.82, 2.24) is 30.2 Å². The van der Waals surface area contributed by atoms with Gasteiger partial charge in [-0.05, 0) is 42.5 Å². The van der Waals surface area contributed by atoms with Crippen molar-refractivity contribution >= 4 is 39.0 Å². The van der Waals surface area contributed by atoms with Crippen molar-refractivity contribution in [3.63, 3.8) is 0 Å². The van der Waals surface area contributed by atoms with E-state index in [2.05, 4.69) is 30.8 Å². The second-order valence-corrected chi connectivity index (χ2v) is 7.33. The van der Waals surface area contributed by atoms with Crippen LogP contribution in [0.25, 0.3) is 15.9 Å². The summed E-state index contributed by atoms with van der Waals surface area (Å²) in [4.78, 5) is 19.4. The van der Waals surface area contributed by atoms with Gasteiger partial charge in [-0.15, -0.1) is 5.10 Å². The number of aromatic nitrogens is 6. The third-order valence-corrected chi connectivity index (χ3v) is 5.24. The molecule has 0 radical (unpaired) electrons. The molecule has 0 aliphatic heterocycles. The number of aromatic amines is 1. The Balaban J connectivity index is 1.63. The summed E-state index contributed by atoms with van der Waals surface area (Å²) in [5.41, 5.74) is 0.571. The Morgan fingerprint density at radius 3 is 2.93 bits per heavy atom. The third-order valence-electron chi connectivity index (χ3n) is 4.05. The summed E-state index contributed by atoms with van der Waals surface area (Å²) in [5, 5.41) is 16.6. The zero-order valence-electron chi connectivity index (χ0n) is 14.2. The SMILES string of the molecule is Cc1nnnn1-c1cnc(N[C@@H](C)c2cc3cc(Cl)c(F)cc3[nH]c2=O)s1. The molecule has 4 aromatic rings. The second-order valence-electron chi connectivity index (χ2n) is 5.91. The Morgan fingerprint density at radius 2 is 2.19 bits per heavy atom. The maximum atomic E-state index is 13.6. The van der Waals surface area contributed by atoms with Crippen molar-refractivity contribution < 1.29 is 4.39 Å². The topological polar surface area (TPSA) is 101 Å². The molecular formula is C16H13ClFN7OS. The molecule has 8 nitrogen and oxygen atoms in total. The predicted octanol–water partition coefficient (Wildman–Crippen LogP) is 3.23. The first-order valence-electron chi connectivity index (χ1n) is 7.92. The Morgan fingerprint density at radius 1 is 1.37 bits per heavy atom. The summed E-state index contributed by atoms with van der Waals surface area (Å²) < 4.78 is 15.2. The van der Waals surface area contributed by atoms with E-state index in [9.17, 15) is 9.18 Å². The average molecular weight is 406 g/mol. The molecule has 0 unspecified atom stereocenters. The number of nitrogens with zero attached hydrogens (tertiary/aromatic N) is 5. The van der Waals surface area contributed by atoms with Crippen LogP contribution >= 0.6 is 22.9 Å². The molecule has 0 amide bonds. The highest BCUT2D eigenvalue weighted by Crippen LogP contribution is 2.27. The number of rotatable bonds is 4. The molecule has 0 saturated carbocycles. The van der Waals surface area contributed by atoms with Crippen molar-refractivity contribution in [2.45, 2.75) is 19.9 Å². The largest absolute Gasteiger partial charge is 0.355 e. The lowest BCUT2D eigenvalue weighted by Gasteiger charge is -2.13. The molecule has 4 rings (SSSR count). The van der Waals surface area contributed by atoms with E-state index >= 15 is 0 Å². The fourth-order valence-electron chi connectivity index (χ4n) is 2.67. The van der Waals surface area contributed by atoms with Gasteiger partial charge in [-0.2, -0.15) is 4.68 Å². The number of thiazole rings is 1. The minimum atomic E-state index is -0.577. The number of benzene rings is 1. The van der Waals surface area contributed by atoms with Gasteiger partial charge in [-0.25, -0.2) is 9.37 Å². The number of tetrazole rings is 1. The smallest absolute Gasteiger partial charge is 0.253 e. The lowest BCUT2D eigenvalue weighted by Crippen LogP contribution is -2.19. The van der Waals surface area contributed by atoms with Crippen LogP contribution in [0.3, 0.4) is 0 Å². The van der Waals surface area contributed by atoms with Gasteiger partial charge < -0.3 is 10.3 Å². The van der Waals surface area contributed by atoms with Gasteiger partial charge in [0.1, 0.15) is 10.8 Å². The fourth-order valence-corrected chi connectivity index (χ4v) is 3.74. The standard InChI is InChI=1S/C16H13ClFN7OS/c1-7(20-16-19-6-14(27-16)25-8(2)22-23-24-25)10-3-9-4-11(17)12(18)5-13(9)21-15(10)26/h3-7H,1-2H3,(H,19,20)(H,21,26)/t7-/m0/s1. The zero-order valence-corrected chi connectivity index (χ0v) is 15.8. The number of anilines is 1. The van der Waals surface area contributed by atoms with Crippen molar-refractivity contribution in [2.75, 3.05) is 5.32 Å². The van der Waals surface area contributed by atoms with Crippen molar-refractivity contribution in [3.8, 4) is 5.00 Å². The van der Waals surface area contributed by atoms with Crippen LogP contribution in [0.2, 0.25) is 5.02 Å². The van der Waals surface area contributed by atoms with Gasteiger partial charge in [0.05, 0.1) is 22.8 Å². The molecule has 11 heteroatoms. The Hall–Kier alpha value is -2.85. The number of H-pyrrole nitrogens is 1. The fraction of sp³-hybridized carbons (Fsp3) is 0.188. The van der Waals surface area contributed by atoms with Crippen molar-refractivity contribution in [3.05, 3.63) is 57.0 Å². The van der Waals surface area contributed by atoms with E-state index in [4.69, 9.17) is 11.6 Å². The van der Waals surface area contributed by atoms with Gasteiger partial charge in [-0.1, -0.05) is 22.9 Å². The number of pyridine rings is 1. The Labute approximate surface area is 161 Å². The van der Waals surface area contributed by atoms with Crippen LogP contribution in [0.4, 0.5) is 9.52 Å². The Kier molecular flexibility index (Phi) is 4.36. The van der Waals surface area contributed by atoms with E-state index in [1.54, 1.807) is 23.9 Å². The lowest BCUT2D eigenvalue weighted by atomic mass is 10.1. The van der Waals surface area contributed by atoms with Crippen molar-refractivity contribution in [1.29, 1.82) is 0 Å². The van der Waals surface area contributed by atoms with E-state index in [1.807, 2.05) is 6.92 Å². The summed E-state index contributed by atoms with van der Waals surface area (Å²) in [6.45, 7) is 3.63. The van der Waals surface area contributed by atoms with Gasteiger partial charge in [0.2, 0.25) is 0 Å². The Bertz CT molecular complexity index is 1200. The summed E-state index contributed by atoms with van der Waals surface area (Å²) >= 11 is 7.20. The van der Waals surface area contributed by atoms with E-state index in [-0.39, 0.29) is 16.6 Å². The van der Waals surface area contributed by atoms with Crippen LogP contribution in [-0.2, 0) is 0 Å². The van der Waals surface area contributed by atoms with E-state index in [0.29, 0.717) is 27.4 Å². The number of aryl methyl sites for hydroxylation is 1. The zero-order chi connectivity index (χ0) is 19.1. The first kappa shape index (κ1) is 17.6. The summed E-state index contributed by atoms with van der Waals surface area (Å²) in [6, 6.07) is 4.05. The van der Waals surface area contributed by atoms with Crippen LogP contribution in [0, 0.1) is 12.7 Å². The molecule has 2 N–H and O–H groups in total. The van der Waals surface area contributed by atoms with E-state index < -0.39 is 5.82 Å². The molecular weight excluding hydrogens is 393 g/mol.